The summed E-state index contributed by atoms with van der Waals surface area (Å²) in [4.78, 5) is 55.4. The Morgan fingerprint density at radius 1 is 0.794 bits per heavy atom. The maximum atomic E-state index is 14.6. The molecule has 3 aliphatic rings. The van der Waals surface area contributed by atoms with E-state index in [-0.39, 0.29) is 16.8 Å². The Labute approximate surface area is 197 Å². The number of amides is 2. The maximum absolute atomic E-state index is 14.6. The number of ketones is 2. The molecule has 34 heavy (non-hydrogen) atoms. The van der Waals surface area contributed by atoms with Gasteiger partial charge in [0.2, 0.25) is 29.0 Å². The van der Waals surface area contributed by atoms with Crippen LogP contribution in [0.2, 0.25) is 5.02 Å². The lowest BCUT2D eigenvalue weighted by atomic mass is 9.77. The van der Waals surface area contributed by atoms with Crippen molar-refractivity contribution in [3.05, 3.63) is 100 Å². The van der Waals surface area contributed by atoms with Gasteiger partial charge in [-0.1, -0.05) is 60.1 Å². The second-order valence-electron chi connectivity index (χ2n) is 8.50. The summed E-state index contributed by atoms with van der Waals surface area (Å²) >= 11 is 6.01. The number of anilines is 1. The molecule has 0 N–H and O–H groups in total. The van der Waals surface area contributed by atoms with Crippen LogP contribution in [0.25, 0.3) is 0 Å². The largest absolute Gasteiger partial charge is 0.349 e. The van der Waals surface area contributed by atoms with E-state index in [1.165, 1.54) is 30.3 Å². The van der Waals surface area contributed by atoms with Gasteiger partial charge >= 0.3 is 0 Å². The van der Waals surface area contributed by atoms with Crippen LogP contribution in [0.4, 0.5) is 10.1 Å². The van der Waals surface area contributed by atoms with E-state index < -0.39 is 52.7 Å². The molecule has 8 heteroatoms. The highest BCUT2D eigenvalue weighted by Crippen LogP contribution is 2.57. The van der Waals surface area contributed by atoms with Crippen LogP contribution >= 0.6 is 11.6 Å². The standard InChI is InChI=1S/C26H15ClFNO5/c27-14-11-9-13(10-12-14)21-19-20(25(33)29(24(19)32)18-8-4-3-7-17(18)28)26(34-21)22(30)15-5-1-2-6-16(15)23(26)31/h1-12,19-21H/t19-,20-,21-/m0/s1. The van der Waals surface area contributed by atoms with Crippen molar-refractivity contribution >= 4 is 40.7 Å². The molecule has 3 aromatic rings. The fraction of sp³-hybridized carbons (Fsp3) is 0.154. The first-order valence-corrected chi connectivity index (χ1v) is 11.0. The van der Waals surface area contributed by atoms with Gasteiger partial charge in [0, 0.05) is 16.1 Å². The number of halogens is 2. The van der Waals surface area contributed by atoms with E-state index in [9.17, 15) is 23.6 Å². The normalized spacial score (nSPS) is 24.8. The van der Waals surface area contributed by atoms with Crippen molar-refractivity contribution in [3.63, 3.8) is 0 Å². The Morgan fingerprint density at radius 3 is 2.00 bits per heavy atom. The number of nitrogens with zero attached hydrogens (tertiary/aromatic N) is 1. The highest BCUT2D eigenvalue weighted by molar-refractivity contribution is 6.37. The Hall–Kier alpha value is -3.68. The molecule has 0 unspecified atom stereocenters. The van der Waals surface area contributed by atoms with Crippen molar-refractivity contribution in [1.29, 1.82) is 0 Å². The first kappa shape index (κ1) is 20.9. The summed E-state index contributed by atoms with van der Waals surface area (Å²) in [5, 5.41) is 0.440. The fourth-order valence-electron chi connectivity index (χ4n) is 5.34. The molecule has 3 aromatic carbocycles. The Kier molecular flexibility index (Phi) is 4.40. The number of imide groups is 1. The predicted molar refractivity (Wildman–Crippen MR) is 119 cm³/mol. The van der Waals surface area contributed by atoms with Crippen LogP contribution in [-0.4, -0.2) is 29.0 Å². The molecule has 2 aliphatic heterocycles. The van der Waals surface area contributed by atoms with Gasteiger partial charge in [0.05, 0.1) is 23.6 Å². The van der Waals surface area contributed by atoms with Gasteiger partial charge in [-0.2, -0.15) is 0 Å². The van der Waals surface area contributed by atoms with Gasteiger partial charge in [0.25, 0.3) is 0 Å². The van der Waals surface area contributed by atoms with Gasteiger partial charge in [-0.3, -0.25) is 19.2 Å². The topological polar surface area (TPSA) is 80.8 Å². The van der Waals surface area contributed by atoms with Crippen molar-refractivity contribution in [3.8, 4) is 0 Å². The van der Waals surface area contributed by atoms with Crippen LogP contribution in [0.3, 0.4) is 0 Å². The summed E-state index contributed by atoms with van der Waals surface area (Å²) in [7, 11) is 0. The summed E-state index contributed by atoms with van der Waals surface area (Å²) in [5.74, 6) is -6.32. The van der Waals surface area contributed by atoms with Crippen molar-refractivity contribution in [2.45, 2.75) is 11.7 Å². The lowest BCUT2D eigenvalue weighted by Crippen LogP contribution is -2.51. The molecule has 168 valence electrons. The van der Waals surface area contributed by atoms with Gasteiger partial charge in [-0.05, 0) is 29.8 Å². The zero-order chi connectivity index (χ0) is 23.8. The van der Waals surface area contributed by atoms with Crippen molar-refractivity contribution < 1.29 is 28.3 Å². The molecule has 6 rings (SSSR count). The molecule has 2 heterocycles. The number of benzene rings is 3. The molecule has 0 aromatic heterocycles. The minimum absolute atomic E-state index is 0.132. The third-order valence-electron chi connectivity index (χ3n) is 6.81. The highest BCUT2D eigenvalue weighted by atomic mass is 35.5. The lowest BCUT2D eigenvalue weighted by Gasteiger charge is -2.27. The first-order chi connectivity index (χ1) is 16.4. The van der Waals surface area contributed by atoms with Crippen LogP contribution in [0.5, 0.6) is 0 Å². The second kappa shape index (κ2) is 7.16. The molecule has 0 bridgehead atoms. The van der Waals surface area contributed by atoms with Gasteiger partial charge in [-0.15, -0.1) is 0 Å². The van der Waals surface area contributed by atoms with Crippen molar-refractivity contribution in [2.75, 3.05) is 4.90 Å². The molecule has 1 spiro atoms. The van der Waals surface area contributed by atoms with Crippen LogP contribution in [0, 0.1) is 17.7 Å². The smallest absolute Gasteiger partial charge is 0.241 e. The quantitative estimate of drug-likeness (QED) is 0.410. The van der Waals surface area contributed by atoms with E-state index in [2.05, 4.69) is 0 Å². The first-order valence-electron chi connectivity index (χ1n) is 10.6. The zero-order valence-electron chi connectivity index (χ0n) is 17.4. The molecule has 0 radical (unpaired) electrons. The summed E-state index contributed by atoms with van der Waals surface area (Å²) in [6.45, 7) is 0. The van der Waals surface area contributed by atoms with Gasteiger partial charge in [0.1, 0.15) is 5.82 Å². The van der Waals surface area contributed by atoms with Gasteiger partial charge in [0.15, 0.2) is 0 Å². The number of hydrogen-bond donors (Lipinski definition) is 0. The maximum Gasteiger partial charge on any atom is 0.241 e. The van der Waals surface area contributed by atoms with E-state index in [1.54, 1.807) is 36.4 Å². The minimum Gasteiger partial charge on any atom is -0.349 e. The third kappa shape index (κ3) is 2.53. The van der Waals surface area contributed by atoms with Crippen LogP contribution < -0.4 is 4.90 Å². The highest BCUT2D eigenvalue weighted by Gasteiger charge is 2.74. The number of carbonyl (C=O) groups excluding carboxylic acids is 4. The van der Waals surface area contributed by atoms with E-state index in [0.717, 1.165) is 11.0 Å². The molecule has 3 atom stereocenters. The number of ether oxygens (including phenoxy) is 1. The molecule has 2 saturated heterocycles. The SMILES string of the molecule is O=C1[C@H]2[C@@H](C(=O)N1c1ccccc1F)C1(O[C@H]2c2ccc(Cl)cc2)C(=O)c2ccccc2C1=O. The van der Waals surface area contributed by atoms with Crippen LogP contribution in [0.15, 0.2) is 72.8 Å². The number of Topliss-reactive ketones (excluding diaryl/α,β-unsaturated/α-hetero) is 2. The molecular weight excluding hydrogens is 461 g/mol. The number of fused-ring (bicyclic) bond motifs is 3. The molecule has 2 amide bonds. The number of para-hydroxylation sites is 1. The zero-order valence-corrected chi connectivity index (χ0v) is 18.2. The summed E-state index contributed by atoms with van der Waals surface area (Å²) in [6.07, 6.45) is -1.09. The molecule has 2 fully saturated rings. The number of rotatable bonds is 2. The van der Waals surface area contributed by atoms with Crippen molar-refractivity contribution in [2.24, 2.45) is 11.8 Å². The summed E-state index contributed by atoms with van der Waals surface area (Å²) < 4.78 is 20.8. The van der Waals surface area contributed by atoms with Crippen LogP contribution in [0.1, 0.15) is 32.4 Å². The van der Waals surface area contributed by atoms with E-state index in [0.29, 0.717) is 10.6 Å². The van der Waals surface area contributed by atoms with Gasteiger partial charge in [-0.25, -0.2) is 9.29 Å². The van der Waals surface area contributed by atoms with E-state index >= 15 is 0 Å². The Balaban J connectivity index is 1.56. The van der Waals surface area contributed by atoms with Crippen molar-refractivity contribution in [1.82, 2.24) is 0 Å². The average molecular weight is 476 g/mol. The van der Waals surface area contributed by atoms with E-state index in [4.69, 9.17) is 16.3 Å². The Bertz CT molecular complexity index is 1380. The number of hydrogen-bond acceptors (Lipinski definition) is 5. The monoisotopic (exact) mass is 475 g/mol. The summed E-state index contributed by atoms with van der Waals surface area (Å²) in [6, 6.07) is 18.0. The van der Waals surface area contributed by atoms with Gasteiger partial charge < -0.3 is 4.74 Å². The lowest BCUT2D eigenvalue weighted by molar-refractivity contribution is -0.127. The average Bonchev–Trinajstić information content (AvgIpc) is 3.40. The molecule has 6 nitrogen and oxygen atoms in total. The minimum atomic E-state index is -2.20. The summed E-state index contributed by atoms with van der Waals surface area (Å²) in [5.41, 5.74) is -1.69. The Morgan fingerprint density at radius 2 is 1.38 bits per heavy atom. The molecule has 0 saturated carbocycles. The second-order valence-corrected chi connectivity index (χ2v) is 8.93. The number of carbonyl (C=O) groups is 4. The van der Waals surface area contributed by atoms with Crippen LogP contribution in [-0.2, 0) is 14.3 Å². The molecular formula is C26H15ClFNO5. The van der Waals surface area contributed by atoms with E-state index in [1.807, 2.05) is 0 Å². The predicted octanol–water partition coefficient (Wildman–Crippen LogP) is 4.17. The molecule has 1 aliphatic carbocycles. The third-order valence-corrected chi connectivity index (χ3v) is 7.06. The fourth-order valence-corrected chi connectivity index (χ4v) is 5.47.